The fraction of sp³-hybridized carbons (Fsp3) is 0.300. The number of hydrogen-bond donors (Lipinski definition) is 2. The molecular weight excluding hydrogens is 1790 g/mol. The minimum Gasteiger partial charge on any atom is -0.512 e. The first-order valence-corrected chi connectivity index (χ1v) is 42.6. The normalized spacial score (nSPS) is 20.5. The van der Waals surface area contributed by atoms with E-state index in [1.807, 2.05) is 31.3 Å². The number of hydrogen-bond acceptors (Lipinski definition) is 28. The summed E-state index contributed by atoms with van der Waals surface area (Å²) in [4.78, 5) is 120. The van der Waals surface area contributed by atoms with E-state index in [4.69, 9.17) is 109 Å². The predicted octanol–water partition coefficient (Wildman–Crippen LogP) is 12.0. The average Bonchev–Trinajstić information content (AvgIpc) is 1.52. The van der Waals surface area contributed by atoms with Crippen molar-refractivity contribution in [3.8, 4) is 6.07 Å². The van der Waals surface area contributed by atoms with Gasteiger partial charge < -0.3 is 61.8 Å². The Morgan fingerprint density at radius 1 is 0.450 bits per heavy atom. The summed E-state index contributed by atoms with van der Waals surface area (Å²) in [6.07, 6.45) is 8.92. The Hall–Kier alpha value is -9.60. The minimum atomic E-state index is -0.887. The number of halogens is 9. The second-order valence-electron chi connectivity index (χ2n) is 26.3. The van der Waals surface area contributed by atoms with Crippen LogP contribution in [0.25, 0.3) is 0 Å². The number of benzene rings is 4. The molecule has 16 rings (SSSR count). The van der Waals surface area contributed by atoms with Crippen LogP contribution in [0.1, 0.15) is 120 Å². The van der Waals surface area contributed by atoms with E-state index in [9.17, 15) is 51.6 Å². The molecule has 0 spiro atoms. The Morgan fingerprint density at radius 3 is 0.967 bits per heavy atom. The van der Waals surface area contributed by atoms with Gasteiger partial charge in [-0.3, -0.25) is 29.6 Å². The number of esters is 4. The van der Waals surface area contributed by atoms with Crippen LogP contribution in [-0.4, -0.2) is 156 Å². The molecule has 26 nitrogen and oxygen atoms in total. The van der Waals surface area contributed by atoms with Gasteiger partial charge in [0.15, 0.2) is 43.4 Å². The standard InChI is InChI=1S/2C20H18ClFN4O3S.C20H16ClFN4O2S.C19H16BrClFN3O2S.CN.Na/c2*1-2-29-20(28)14-15(11-4-3-10(22)9-13(11)21)25-18(19-24-6-8-30-19)26-7-5-12(16(14)26)17(23)27;1-2-28-20(27)15-16(13-4-3-12(22)9-14(13)21)25-18(19-24-6-8-29-19)26-7-5-11(10-23)17(15)26;1-2-27-19(26)14-15(11-4-3-10(22)9-13(11)21)24-17(18-23-6-8-28-18)25-7-5-12(20)16(14)25;1-2;/h2*3-4,6,8-9,12,15H,2,5,7H2,1H3,(H2,23,27);3-4,6,8-9,11,16H,2,5,7H2,1H3;3-4,6,8-9,12,15H,2,5,7H2,1H3;;/q;;;;-1;+1/t2*12-,15?;;;;/m00..../s1. The van der Waals surface area contributed by atoms with Gasteiger partial charge in [0.05, 0.1) is 77.4 Å². The molecule has 120 heavy (non-hydrogen) atoms. The van der Waals surface area contributed by atoms with Gasteiger partial charge in [0.1, 0.15) is 47.4 Å². The van der Waals surface area contributed by atoms with Gasteiger partial charge in [-0.25, -0.2) is 56.7 Å². The van der Waals surface area contributed by atoms with Crippen molar-refractivity contribution in [2.24, 2.45) is 49.2 Å². The molecule has 2 amide bonds. The first kappa shape index (κ1) is 91.1. The van der Waals surface area contributed by atoms with Crippen LogP contribution >= 0.6 is 108 Å². The summed E-state index contributed by atoms with van der Waals surface area (Å²) < 4.78 is 75.8. The molecule has 4 aromatic heterocycles. The van der Waals surface area contributed by atoms with E-state index in [1.54, 1.807) is 68.3 Å². The van der Waals surface area contributed by atoms with Crippen molar-refractivity contribution in [3.63, 3.8) is 0 Å². The topological polar surface area (TPSA) is 353 Å². The van der Waals surface area contributed by atoms with Crippen molar-refractivity contribution in [2.45, 2.75) is 82.4 Å². The number of thiazole rings is 4. The van der Waals surface area contributed by atoms with Crippen molar-refractivity contribution in [2.75, 3.05) is 52.6 Å². The Kier molecular flexibility index (Phi) is 31.0. The van der Waals surface area contributed by atoms with Crippen LogP contribution in [0.4, 0.5) is 17.6 Å². The van der Waals surface area contributed by atoms with Crippen molar-refractivity contribution < 1.29 is 94.8 Å². The Bertz CT molecular complexity index is 5410. The zero-order valence-corrected chi connectivity index (χ0v) is 74.1. The quantitative estimate of drug-likeness (QED) is 0.0201. The molecule has 4 N–H and O–H groups in total. The molecule has 8 aromatic rings. The summed E-state index contributed by atoms with van der Waals surface area (Å²) in [6, 6.07) is 14.9. The van der Waals surface area contributed by atoms with Crippen LogP contribution in [0.3, 0.4) is 0 Å². The van der Waals surface area contributed by atoms with E-state index in [0.717, 1.165) is 29.3 Å². The van der Waals surface area contributed by atoms with E-state index in [-0.39, 0.29) is 97.6 Å². The smallest absolute Gasteiger partial charge is 0.512 e. The second-order valence-corrected chi connectivity index (χ2v) is 32.6. The third-order valence-corrected chi connectivity index (χ3v) is 24.8. The third-order valence-electron chi connectivity index (χ3n) is 19.6. The molecule has 6 unspecified atom stereocenters. The maximum atomic E-state index is 13.7. The molecule has 0 radical (unpaired) electrons. The molecule has 0 bridgehead atoms. The van der Waals surface area contributed by atoms with Crippen LogP contribution in [0.5, 0.6) is 0 Å². The zero-order chi connectivity index (χ0) is 85.2. The molecule has 4 saturated heterocycles. The van der Waals surface area contributed by atoms with Gasteiger partial charge in [-0.2, -0.15) is 5.26 Å². The van der Waals surface area contributed by atoms with E-state index >= 15 is 0 Å². The van der Waals surface area contributed by atoms with Crippen LogP contribution in [0.2, 0.25) is 20.1 Å². The number of amides is 2. The number of allylic oxidation sites excluding steroid dienone is 2. The number of rotatable bonds is 18. The molecule has 8 aliphatic heterocycles. The second kappa shape index (κ2) is 40.8. The molecular formula is C80H68BrCl4F4N16NaO10S4. The number of fused-ring (bicyclic) bond motifs is 4. The number of alkyl halides is 1. The van der Waals surface area contributed by atoms with Gasteiger partial charge in [-0.15, -0.1) is 45.3 Å². The van der Waals surface area contributed by atoms with Gasteiger partial charge in [-0.1, -0.05) is 86.6 Å². The Morgan fingerprint density at radius 2 is 0.708 bits per heavy atom. The van der Waals surface area contributed by atoms with E-state index in [1.165, 1.54) is 99.9 Å². The Balaban J connectivity index is 0.000000155. The number of aromatic nitrogens is 4. The van der Waals surface area contributed by atoms with Gasteiger partial charge in [0.2, 0.25) is 11.8 Å². The average molecular weight is 1860 g/mol. The summed E-state index contributed by atoms with van der Waals surface area (Å²) in [6.45, 7) is 14.5. The van der Waals surface area contributed by atoms with Crippen LogP contribution in [0, 0.1) is 64.2 Å². The summed E-state index contributed by atoms with van der Waals surface area (Å²) in [5.41, 5.74) is 16.5. The van der Waals surface area contributed by atoms with E-state index in [0.29, 0.717) is 129 Å². The largest absolute Gasteiger partial charge is 1.00 e. The number of aliphatic imine (C=N–C) groups is 4. The number of ether oxygens (including phenoxy) is 4. The molecule has 8 aliphatic rings. The van der Waals surface area contributed by atoms with Crippen molar-refractivity contribution in [1.29, 1.82) is 10.5 Å². The van der Waals surface area contributed by atoms with Gasteiger partial charge in [-0.05, 0) is 102 Å². The number of nitrogens with two attached hydrogens (primary N) is 2. The maximum absolute atomic E-state index is 13.7. The first-order chi connectivity index (χ1) is 57.4. The monoisotopic (exact) mass is 1860 g/mol. The van der Waals surface area contributed by atoms with Gasteiger partial charge in [0, 0.05) is 138 Å². The van der Waals surface area contributed by atoms with E-state index < -0.39 is 101 Å². The molecule has 12 heterocycles. The molecule has 40 heteroatoms. The minimum absolute atomic E-state index is 0. The van der Waals surface area contributed by atoms with Crippen LogP contribution in [0.15, 0.2) is 184 Å². The third kappa shape index (κ3) is 19.0. The van der Waals surface area contributed by atoms with Crippen LogP contribution in [-0.2, 0) is 47.7 Å². The molecule has 0 saturated carbocycles. The number of primary amides is 2. The zero-order valence-electron chi connectivity index (χ0n) is 64.2. The predicted molar refractivity (Wildman–Crippen MR) is 443 cm³/mol. The summed E-state index contributed by atoms with van der Waals surface area (Å²) in [5.74, 6) is -4.81. The van der Waals surface area contributed by atoms with Crippen molar-refractivity contribution >= 4 is 167 Å². The SMILES string of the molecule is CCOC(=O)C1=C2C(Br)CCN2C(c2nccs2)=NC1c1ccc(F)cc1Cl.CCOC(=O)C1=C2C(C#N)CCN2C(c2nccs2)=NC1c1ccc(F)cc1Cl.CCOC(=O)C1=C2[C@@H](C(N)=O)CCN2C(c2nccs2)=NC1c1ccc(F)cc1Cl.CCOC(=O)C1=C2[C@@H](C(N)=O)CCN2C(c2nccs2)=NC1c1ccc(F)cc1Cl.[C-]#N.[Na+]. The maximum Gasteiger partial charge on any atom is 1.00 e. The first-order valence-electron chi connectivity index (χ1n) is 36.7. The number of amidine groups is 4. The number of nitrogens with zero attached hydrogens (tertiary/aromatic N) is 14. The number of carbonyl (C=O) groups excluding carboxylic acids is 6. The summed E-state index contributed by atoms with van der Waals surface area (Å²) >= 11 is 34.6. The molecule has 616 valence electrons. The van der Waals surface area contributed by atoms with Crippen molar-refractivity contribution in [3.05, 3.63) is 256 Å². The molecule has 4 fully saturated rings. The Labute approximate surface area is 751 Å². The van der Waals surface area contributed by atoms with E-state index in [2.05, 4.69) is 41.9 Å². The van der Waals surface area contributed by atoms with Crippen LogP contribution < -0.4 is 41.0 Å². The summed E-state index contributed by atoms with van der Waals surface area (Å²) in [7, 11) is 0. The molecule has 8 atom stereocenters. The fourth-order valence-electron chi connectivity index (χ4n) is 14.8. The van der Waals surface area contributed by atoms with Crippen molar-refractivity contribution in [1.82, 2.24) is 39.5 Å². The van der Waals surface area contributed by atoms with Gasteiger partial charge >= 0.3 is 53.4 Å². The number of carbonyl (C=O) groups is 6. The summed E-state index contributed by atoms with van der Waals surface area (Å²) in [5, 5.41) is 26.6. The molecule has 0 aliphatic carbocycles. The number of nitriles is 1. The van der Waals surface area contributed by atoms with Gasteiger partial charge in [0.25, 0.3) is 0 Å². The fourth-order valence-corrected chi connectivity index (χ4v) is 19.1. The molecule has 4 aromatic carbocycles.